The number of nitro benzene ring substituents is 1. The first kappa shape index (κ1) is 20.0. The molecule has 0 unspecified atom stereocenters. The van der Waals surface area contributed by atoms with Crippen molar-refractivity contribution >= 4 is 39.9 Å². The zero-order valence-electron chi connectivity index (χ0n) is 14.8. The van der Waals surface area contributed by atoms with Crippen LogP contribution in [0.4, 0.5) is 15.5 Å². The van der Waals surface area contributed by atoms with E-state index in [-0.39, 0.29) is 28.4 Å². The molecule has 1 aromatic carbocycles. The van der Waals surface area contributed by atoms with Gasteiger partial charge in [0.25, 0.3) is 17.5 Å². The fourth-order valence-corrected chi connectivity index (χ4v) is 3.27. The molecule has 0 fully saturated rings. The molecule has 2 aromatic rings. The summed E-state index contributed by atoms with van der Waals surface area (Å²) in [5.41, 5.74) is 0.853. The van der Waals surface area contributed by atoms with E-state index in [0.717, 1.165) is 4.88 Å². The van der Waals surface area contributed by atoms with E-state index < -0.39 is 22.8 Å². The van der Waals surface area contributed by atoms with Crippen molar-refractivity contribution in [3.63, 3.8) is 0 Å². The molecule has 0 spiro atoms. The number of hydrogen-bond acceptors (Lipinski definition) is 7. The van der Waals surface area contributed by atoms with Gasteiger partial charge in [-0.15, -0.1) is 11.3 Å². The number of nitro groups is 1. The topological polar surface area (TPSA) is 128 Å². The number of amides is 3. The third kappa shape index (κ3) is 4.67. The van der Waals surface area contributed by atoms with E-state index in [9.17, 15) is 24.5 Å². The number of carbonyl (C=O) groups excluding carboxylic acids is 3. The number of hydrogen-bond donors (Lipinski definition) is 2. The molecule has 27 heavy (non-hydrogen) atoms. The molecular formula is C17H17N3O6S. The Hall–Kier alpha value is -3.27. The lowest BCUT2D eigenvalue weighted by Crippen LogP contribution is -2.31. The summed E-state index contributed by atoms with van der Waals surface area (Å²) in [6, 6.07) is 5.07. The average molecular weight is 391 g/mol. The summed E-state index contributed by atoms with van der Waals surface area (Å²) >= 11 is 1.19. The van der Waals surface area contributed by atoms with E-state index in [1.807, 2.05) is 0 Å². The van der Waals surface area contributed by atoms with Gasteiger partial charge in [-0.1, -0.05) is 0 Å². The van der Waals surface area contributed by atoms with Gasteiger partial charge in [0.05, 0.1) is 17.1 Å². The third-order valence-electron chi connectivity index (χ3n) is 3.67. The van der Waals surface area contributed by atoms with Gasteiger partial charge in [0.2, 0.25) is 0 Å². The number of aryl methyl sites for hydroxylation is 1. The van der Waals surface area contributed by atoms with E-state index in [1.54, 1.807) is 20.8 Å². The van der Waals surface area contributed by atoms with E-state index in [0.29, 0.717) is 5.56 Å². The van der Waals surface area contributed by atoms with Crippen molar-refractivity contribution in [2.75, 3.05) is 11.9 Å². The van der Waals surface area contributed by atoms with Crippen LogP contribution in [0.15, 0.2) is 24.3 Å². The highest BCUT2D eigenvalue weighted by molar-refractivity contribution is 7.16. The summed E-state index contributed by atoms with van der Waals surface area (Å²) in [6.07, 6.45) is -0.876. The number of carbonyl (C=O) groups is 3. The number of ether oxygens (including phenoxy) is 1. The second kappa shape index (κ2) is 8.41. The van der Waals surface area contributed by atoms with Gasteiger partial charge in [-0.05, 0) is 38.5 Å². The Morgan fingerprint density at radius 3 is 2.33 bits per heavy atom. The predicted molar refractivity (Wildman–Crippen MR) is 99.3 cm³/mol. The summed E-state index contributed by atoms with van der Waals surface area (Å²) in [6.45, 7) is 5.21. The van der Waals surface area contributed by atoms with E-state index in [1.165, 1.54) is 35.6 Å². The fraction of sp³-hybridized carbons (Fsp3) is 0.235. The quantitative estimate of drug-likeness (QED) is 0.594. The van der Waals surface area contributed by atoms with Gasteiger partial charge in [-0.3, -0.25) is 25.0 Å². The molecule has 10 heteroatoms. The zero-order valence-corrected chi connectivity index (χ0v) is 15.6. The van der Waals surface area contributed by atoms with Crippen molar-refractivity contribution in [2.24, 2.45) is 0 Å². The third-order valence-corrected chi connectivity index (χ3v) is 4.79. The molecule has 0 atom stereocenters. The number of imide groups is 1. The molecule has 9 nitrogen and oxygen atoms in total. The number of rotatable bonds is 5. The van der Waals surface area contributed by atoms with Gasteiger partial charge in [-0.2, -0.15) is 0 Å². The maximum Gasteiger partial charge on any atom is 0.414 e. The minimum atomic E-state index is -0.876. The van der Waals surface area contributed by atoms with Gasteiger partial charge in [-0.25, -0.2) is 4.79 Å². The molecule has 0 aliphatic rings. The number of thiophene rings is 1. The van der Waals surface area contributed by atoms with Gasteiger partial charge in [0.1, 0.15) is 5.00 Å². The Bertz CT molecular complexity index is 904. The van der Waals surface area contributed by atoms with Gasteiger partial charge < -0.3 is 10.1 Å². The highest BCUT2D eigenvalue weighted by Crippen LogP contribution is 2.32. The number of non-ortho nitro benzene ring substituents is 1. The molecule has 2 N–H and O–H groups in total. The summed E-state index contributed by atoms with van der Waals surface area (Å²) in [5, 5.41) is 15.7. The second-order valence-electron chi connectivity index (χ2n) is 5.42. The highest BCUT2D eigenvalue weighted by atomic mass is 32.1. The first-order valence-electron chi connectivity index (χ1n) is 7.88. The Balaban J connectivity index is 2.24. The first-order chi connectivity index (χ1) is 12.7. The standard InChI is InChI=1S/C17H17N3O6S/c1-4-26-17(23)19-15(22)13-9(2)10(3)27-16(13)18-14(21)11-5-7-12(8-6-11)20(24)25/h5-8H,4H2,1-3H3,(H,18,21)(H,19,22,23). The first-order valence-corrected chi connectivity index (χ1v) is 8.70. The summed E-state index contributed by atoms with van der Waals surface area (Å²) in [4.78, 5) is 47.2. The lowest BCUT2D eigenvalue weighted by Gasteiger charge is -2.08. The van der Waals surface area contributed by atoms with Crippen LogP contribution >= 0.6 is 11.3 Å². The van der Waals surface area contributed by atoms with Gasteiger partial charge in [0, 0.05) is 22.6 Å². The Labute approximate surface area is 158 Å². The van der Waals surface area contributed by atoms with E-state index in [2.05, 4.69) is 10.6 Å². The van der Waals surface area contributed by atoms with Crippen LogP contribution < -0.4 is 10.6 Å². The minimum absolute atomic E-state index is 0.116. The van der Waals surface area contributed by atoms with Crippen molar-refractivity contribution in [2.45, 2.75) is 20.8 Å². The molecule has 0 aliphatic heterocycles. The molecule has 2 rings (SSSR count). The predicted octanol–water partition coefficient (Wildman–Crippen LogP) is 3.41. The van der Waals surface area contributed by atoms with E-state index >= 15 is 0 Å². The smallest absolute Gasteiger partial charge is 0.414 e. The van der Waals surface area contributed by atoms with Crippen molar-refractivity contribution in [3.05, 3.63) is 55.9 Å². The average Bonchev–Trinajstić information content (AvgIpc) is 2.88. The molecule has 0 saturated carbocycles. The Morgan fingerprint density at radius 2 is 1.78 bits per heavy atom. The molecule has 0 radical (unpaired) electrons. The van der Waals surface area contributed by atoms with Crippen LogP contribution in [-0.4, -0.2) is 29.4 Å². The minimum Gasteiger partial charge on any atom is -0.450 e. The molecule has 3 amide bonds. The SMILES string of the molecule is CCOC(=O)NC(=O)c1c(NC(=O)c2ccc([N+](=O)[O-])cc2)sc(C)c1C. The molecule has 1 aromatic heterocycles. The monoisotopic (exact) mass is 391 g/mol. The zero-order chi connectivity index (χ0) is 20.1. The highest BCUT2D eigenvalue weighted by Gasteiger charge is 2.23. The maximum absolute atomic E-state index is 12.4. The summed E-state index contributed by atoms with van der Waals surface area (Å²) < 4.78 is 4.69. The van der Waals surface area contributed by atoms with Crippen LogP contribution in [0, 0.1) is 24.0 Å². The number of alkyl carbamates (subject to hydrolysis) is 1. The van der Waals surface area contributed by atoms with Crippen LogP contribution in [-0.2, 0) is 4.74 Å². The number of nitrogens with one attached hydrogen (secondary N) is 2. The summed E-state index contributed by atoms with van der Waals surface area (Å²) in [5.74, 6) is -1.22. The molecule has 0 aliphatic carbocycles. The van der Waals surface area contributed by atoms with Crippen molar-refractivity contribution < 1.29 is 24.0 Å². The molecule has 0 saturated heterocycles. The van der Waals surface area contributed by atoms with Crippen LogP contribution in [0.2, 0.25) is 0 Å². The Kier molecular flexibility index (Phi) is 6.24. The number of nitrogens with zero attached hydrogens (tertiary/aromatic N) is 1. The Morgan fingerprint density at radius 1 is 1.15 bits per heavy atom. The lowest BCUT2D eigenvalue weighted by atomic mass is 10.1. The number of anilines is 1. The van der Waals surface area contributed by atoms with Crippen LogP contribution in [0.3, 0.4) is 0 Å². The lowest BCUT2D eigenvalue weighted by molar-refractivity contribution is -0.384. The fourth-order valence-electron chi connectivity index (χ4n) is 2.22. The molecule has 142 valence electrons. The van der Waals surface area contributed by atoms with Gasteiger partial charge in [0.15, 0.2) is 0 Å². The van der Waals surface area contributed by atoms with Crippen LogP contribution in [0.1, 0.15) is 38.1 Å². The van der Waals surface area contributed by atoms with Crippen molar-refractivity contribution in [1.82, 2.24) is 5.32 Å². The van der Waals surface area contributed by atoms with Gasteiger partial charge >= 0.3 is 6.09 Å². The number of benzene rings is 1. The van der Waals surface area contributed by atoms with Crippen molar-refractivity contribution in [1.29, 1.82) is 0 Å². The van der Waals surface area contributed by atoms with Crippen molar-refractivity contribution in [3.8, 4) is 0 Å². The largest absolute Gasteiger partial charge is 0.450 e. The summed E-state index contributed by atoms with van der Waals surface area (Å²) in [7, 11) is 0. The second-order valence-corrected chi connectivity index (χ2v) is 6.64. The van der Waals surface area contributed by atoms with Crippen LogP contribution in [0.25, 0.3) is 0 Å². The molecule has 1 heterocycles. The normalized spacial score (nSPS) is 10.2. The van der Waals surface area contributed by atoms with E-state index in [4.69, 9.17) is 4.74 Å². The maximum atomic E-state index is 12.4. The molecular weight excluding hydrogens is 374 g/mol. The molecule has 0 bridgehead atoms. The van der Waals surface area contributed by atoms with Crippen LogP contribution in [0.5, 0.6) is 0 Å².